The number of aliphatic hydroxyl groups excluding tert-OH is 1. The number of benzene rings is 1. The highest BCUT2D eigenvalue weighted by atomic mass is 19.1. The molecule has 0 aliphatic heterocycles. The molecule has 2 unspecified atom stereocenters. The van der Waals surface area contributed by atoms with E-state index in [0.29, 0.717) is 36.7 Å². The topological polar surface area (TPSA) is 64.7 Å². The minimum absolute atomic E-state index is 0.150. The van der Waals surface area contributed by atoms with Crippen molar-refractivity contribution >= 4 is 0 Å². The highest BCUT2D eigenvalue weighted by molar-refractivity contribution is 5.45. The third kappa shape index (κ3) is 4.35. The second kappa shape index (κ2) is 8.07. The van der Waals surface area contributed by atoms with Crippen LogP contribution in [0.4, 0.5) is 4.39 Å². The quantitative estimate of drug-likeness (QED) is 0.770. The van der Waals surface area contributed by atoms with Crippen LogP contribution in [0.5, 0.6) is 11.5 Å². The number of hydrogen-bond acceptors (Lipinski definition) is 4. The molecule has 0 radical (unpaired) electrons. The van der Waals surface area contributed by atoms with Gasteiger partial charge < -0.3 is 20.3 Å². The van der Waals surface area contributed by atoms with Gasteiger partial charge in [0, 0.05) is 12.6 Å². The molecule has 0 saturated carbocycles. The van der Waals surface area contributed by atoms with Gasteiger partial charge in [-0.2, -0.15) is 0 Å². The average Bonchev–Trinajstić information content (AvgIpc) is 2.41. The predicted molar refractivity (Wildman–Crippen MR) is 76.8 cm³/mol. The summed E-state index contributed by atoms with van der Waals surface area (Å²) in [5.41, 5.74) is 5.89. The fourth-order valence-electron chi connectivity index (χ4n) is 2.10. The second-order valence-electron chi connectivity index (χ2n) is 4.71. The third-order valence-electron chi connectivity index (χ3n) is 3.09. The van der Waals surface area contributed by atoms with Crippen molar-refractivity contribution in [1.82, 2.24) is 0 Å². The maximum Gasteiger partial charge on any atom is 0.164 e. The van der Waals surface area contributed by atoms with Gasteiger partial charge >= 0.3 is 0 Å². The standard InChI is InChI=1S/C15H24FNO3/c1-4-19-14-7-12(10(3)6-11(18)9-17)13(16)8-15(14)20-5-2/h7-8,10-11,18H,4-6,9,17H2,1-3H3. The van der Waals surface area contributed by atoms with Crippen LogP contribution in [0, 0.1) is 5.82 Å². The van der Waals surface area contributed by atoms with Crippen LogP contribution in [0.3, 0.4) is 0 Å². The molecular formula is C15H24FNO3. The lowest BCUT2D eigenvalue weighted by molar-refractivity contribution is 0.164. The molecule has 114 valence electrons. The molecule has 4 nitrogen and oxygen atoms in total. The summed E-state index contributed by atoms with van der Waals surface area (Å²) in [7, 11) is 0. The van der Waals surface area contributed by atoms with E-state index in [0.717, 1.165) is 0 Å². The van der Waals surface area contributed by atoms with Crippen LogP contribution in [-0.2, 0) is 0 Å². The first kappa shape index (κ1) is 16.7. The van der Waals surface area contributed by atoms with Gasteiger partial charge in [0.1, 0.15) is 5.82 Å². The summed E-state index contributed by atoms with van der Waals surface area (Å²) >= 11 is 0. The normalized spacial score (nSPS) is 13.9. The van der Waals surface area contributed by atoms with Gasteiger partial charge in [-0.3, -0.25) is 0 Å². The highest BCUT2D eigenvalue weighted by Crippen LogP contribution is 2.34. The average molecular weight is 285 g/mol. The van der Waals surface area contributed by atoms with Crippen LogP contribution in [-0.4, -0.2) is 31.0 Å². The van der Waals surface area contributed by atoms with Crippen LogP contribution in [0.1, 0.15) is 38.7 Å². The molecule has 1 aromatic rings. The van der Waals surface area contributed by atoms with E-state index in [9.17, 15) is 9.50 Å². The first-order valence-electron chi connectivity index (χ1n) is 7.00. The van der Waals surface area contributed by atoms with E-state index in [1.807, 2.05) is 20.8 Å². The number of rotatable bonds is 8. The molecule has 3 N–H and O–H groups in total. The van der Waals surface area contributed by atoms with Gasteiger partial charge in [-0.25, -0.2) is 4.39 Å². The van der Waals surface area contributed by atoms with E-state index in [4.69, 9.17) is 15.2 Å². The lowest BCUT2D eigenvalue weighted by Crippen LogP contribution is -2.21. The smallest absolute Gasteiger partial charge is 0.164 e. The van der Waals surface area contributed by atoms with Gasteiger partial charge in [-0.1, -0.05) is 6.92 Å². The van der Waals surface area contributed by atoms with E-state index in [2.05, 4.69) is 0 Å². The first-order chi connectivity index (χ1) is 9.53. The molecule has 20 heavy (non-hydrogen) atoms. The van der Waals surface area contributed by atoms with Crippen LogP contribution in [0.25, 0.3) is 0 Å². The molecule has 0 bridgehead atoms. The van der Waals surface area contributed by atoms with E-state index >= 15 is 0 Å². The molecule has 5 heteroatoms. The SMILES string of the molecule is CCOc1cc(F)c(C(C)CC(O)CN)cc1OCC. The maximum absolute atomic E-state index is 14.2. The van der Waals surface area contributed by atoms with Gasteiger partial charge in [0.25, 0.3) is 0 Å². The van der Waals surface area contributed by atoms with E-state index in [-0.39, 0.29) is 18.3 Å². The molecule has 0 fully saturated rings. The Morgan fingerprint density at radius 3 is 2.25 bits per heavy atom. The number of halogens is 1. The van der Waals surface area contributed by atoms with Crippen molar-refractivity contribution in [2.45, 2.75) is 39.2 Å². The van der Waals surface area contributed by atoms with Gasteiger partial charge in [0.2, 0.25) is 0 Å². The Bertz CT molecular complexity index is 426. The van der Waals surface area contributed by atoms with Crippen molar-refractivity contribution in [1.29, 1.82) is 0 Å². The van der Waals surface area contributed by atoms with Crippen LogP contribution >= 0.6 is 0 Å². The maximum atomic E-state index is 14.2. The fraction of sp³-hybridized carbons (Fsp3) is 0.600. The van der Waals surface area contributed by atoms with Crippen molar-refractivity contribution < 1.29 is 19.0 Å². The zero-order valence-corrected chi connectivity index (χ0v) is 12.4. The van der Waals surface area contributed by atoms with Gasteiger partial charge in [-0.05, 0) is 37.8 Å². The fourth-order valence-corrected chi connectivity index (χ4v) is 2.10. The molecule has 0 aromatic heterocycles. The Balaban J connectivity index is 3.04. The Hall–Kier alpha value is -1.33. The highest BCUT2D eigenvalue weighted by Gasteiger charge is 2.18. The molecule has 0 spiro atoms. The third-order valence-corrected chi connectivity index (χ3v) is 3.09. The van der Waals surface area contributed by atoms with Gasteiger partial charge in [-0.15, -0.1) is 0 Å². The molecule has 0 amide bonds. The van der Waals surface area contributed by atoms with Crippen molar-refractivity contribution in [3.63, 3.8) is 0 Å². The number of ether oxygens (including phenoxy) is 2. The molecule has 0 saturated heterocycles. The van der Waals surface area contributed by atoms with Gasteiger partial charge in [0.15, 0.2) is 11.5 Å². The Labute approximate surface area is 119 Å². The zero-order valence-electron chi connectivity index (χ0n) is 12.4. The van der Waals surface area contributed by atoms with E-state index in [1.54, 1.807) is 6.07 Å². The summed E-state index contributed by atoms with van der Waals surface area (Å²) in [6.45, 7) is 6.64. The second-order valence-corrected chi connectivity index (χ2v) is 4.71. The Morgan fingerprint density at radius 2 is 1.75 bits per heavy atom. The van der Waals surface area contributed by atoms with E-state index in [1.165, 1.54) is 6.07 Å². The predicted octanol–water partition coefficient (Wildman–Crippen LogP) is 2.44. The molecule has 1 rings (SSSR count). The van der Waals surface area contributed by atoms with E-state index < -0.39 is 6.10 Å². The molecular weight excluding hydrogens is 261 g/mol. The molecule has 1 aromatic carbocycles. The summed E-state index contributed by atoms with van der Waals surface area (Å²) in [4.78, 5) is 0. The number of aliphatic hydroxyl groups is 1. The van der Waals surface area contributed by atoms with Crippen molar-refractivity contribution in [2.24, 2.45) is 5.73 Å². The van der Waals surface area contributed by atoms with Crippen LogP contribution in [0.2, 0.25) is 0 Å². The summed E-state index contributed by atoms with van der Waals surface area (Å²) < 4.78 is 25.0. The Kier molecular flexibility index (Phi) is 6.75. The summed E-state index contributed by atoms with van der Waals surface area (Å²) in [5.74, 6) is 0.430. The molecule has 0 heterocycles. The van der Waals surface area contributed by atoms with Gasteiger partial charge in [0.05, 0.1) is 19.3 Å². The summed E-state index contributed by atoms with van der Waals surface area (Å²) in [6.07, 6.45) is -0.223. The lowest BCUT2D eigenvalue weighted by Gasteiger charge is -2.19. The monoisotopic (exact) mass is 285 g/mol. The zero-order chi connectivity index (χ0) is 15.1. The molecule has 2 atom stereocenters. The number of hydrogen-bond donors (Lipinski definition) is 2. The summed E-state index contributed by atoms with van der Waals surface area (Å²) in [5, 5.41) is 9.59. The van der Waals surface area contributed by atoms with Crippen LogP contribution in [0.15, 0.2) is 12.1 Å². The summed E-state index contributed by atoms with van der Waals surface area (Å²) in [6, 6.07) is 2.99. The minimum Gasteiger partial charge on any atom is -0.490 e. The first-order valence-corrected chi connectivity index (χ1v) is 7.00. The molecule has 0 aliphatic rings. The lowest BCUT2D eigenvalue weighted by atomic mass is 9.94. The Morgan fingerprint density at radius 1 is 1.20 bits per heavy atom. The number of nitrogens with two attached hydrogens (primary N) is 1. The van der Waals surface area contributed by atoms with Crippen LogP contribution < -0.4 is 15.2 Å². The van der Waals surface area contributed by atoms with Crippen molar-refractivity contribution in [3.8, 4) is 11.5 Å². The minimum atomic E-state index is -0.633. The van der Waals surface area contributed by atoms with Crippen molar-refractivity contribution in [2.75, 3.05) is 19.8 Å². The molecule has 0 aliphatic carbocycles. The largest absolute Gasteiger partial charge is 0.490 e. The van der Waals surface area contributed by atoms with Crippen molar-refractivity contribution in [3.05, 3.63) is 23.5 Å².